The fraction of sp³-hybridized carbons (Fsp3) is 0.231. The summed E-state index contributed by atoms with van der Waals surface area (Å²) in [5, 5.41) is 3.87. The van der Waals surface area contributed by atoms with Crippen molar-refractivity contribution < 1.29 is 14.0 Å². The van der Waals surface area contributed by atoms with E-state index in [0.717, 1.165) is 5.56 Å². The van der Waals surface area contributed by atoms with E-state index in [1.54, 1.807) is 35.2 Å². The molecule has 0 aliphatic carbocycles. The lowest BCUT2D eigenvalue weighted by Gasteiger charge is -2.31. The fourth-order valence-electron chi connectivity index (χ4n) is 3.52. The molecule has 1 unspecified atom stereocenters. The van der Waals surface area contributed by atoms with Crippen LogP contribution in [0.5, 0.6) is 0 Å². The molecule has 0 aromatic heterocycles. The number of halogens is 3. The van der Waals surface area contributed by atoms with Crippen LogP contribution in [0.2, 0.25) is 10.0 Å². The smallest absolute Gasteiger partial charge is 0.247 e. The van der Waals surface area contributed by atoms with Crippen molar-refractivity contribution in [2.75, 3.05) is 0 Å². The first-order valence-electron chi connectivity index (χ1n) is 10.7. The summed E-state index contributed by atoms with van der Waals surface area (Å²) in [6, 6.07) is 19.3. The molecule has 0 heterocycles. The Balaban J connectivity index is 1.92. The van der Waals surface area contributed by atoms with Crippen molar-refractivity contribution in [1.82, 2.24) is 10.2 Å². The highest BCUT2D eigenvalue weighted by Crippen LogP contribution is 2.26. The Labute approximate surface area is 203 Å². The normalized spacial score (nSPS) is 11.6. The van der Waals surface area contributed by atoms with Gasteiger partial charge in [0, 0.05) is 29.6 Å². The summed E-state index contributed by atoms with van der Waals surface area (Å²) in [6.45, 7) is 2.27. The van der Waals surface area contributed by atoms with Crippen LogP contribution in [0.25, 0.3) is 0 Å². The molecule has 1 N–H and O–H groups in total. The van der Waals surface area contributed by atoms with E-state index >= 15 is 0 Å². The minimum absolute atomic E-state index is 0.157. The molecule has 1 atom stereocenters. The van der Waals surface area contributed by atoms with Crippen molar-refractivity contribution in [3.63, 3.8) is 0 Å². The van der Waals surface area contributed by atoms with E-state index < -0.39 is 6.04 Å². The van der Waals surface area contributed by atoms with E-state index in [1.807, 2.05) is 37.3 Å². The summed E-state index contributed by atoms with van der Waals surface area (Å²) in [4.78, 5) is 28.1. The highest BCUT2D eigenvalue weighted by atomic mass is 35.5. The zero-order valence-electron chi connectivity index (χ0n) is 18.2. The predicted molar refractivity (Wildman–Crippen MR) is 129 cm³/mol. The summed E-state index contributed by atoms with van der Waals surface area (Å²) in [5.41, 5.74) is 2.13. The minimum Gasteiger partial charge on any atom is -0.350 e. The molecule has 0 saturated carbocycles. The molecule has 3 aromatic rings. The number of amides is 2. The van der Waals surface area contributed by atoms with Crippen molar-refractivity contribution in [2.45, 2.75) is 38.9 Å². The summed E-state index contributed by atoms with van der Waals surface area (Å²) in [7, 11) is 0. The lowest BCUT2D eigenvalue weighted by Crippen LogP contribution is -2.43. The van der Waals surface area contributed by atoms with Crippen molar-refractivity contribution >= 4 is 35.0 Å². The zero-order chi connectivity index (χ0) is 23.8. The number of rotatable bonds is 9. The third-order valence-corrected chi connectivity index (χ3v) is 5.78. The van der Waals surface area contributed by atoms with Crippen LogP contribution in [0.1, 0.15) is 42.5 Å². The number of hydrogen-bond acceptors (Lipinski definition) is 2. The van der Waals surface area contributed by atoms with Gasteiger partial charge in [-0.1, -0.05) is 78.7 Å². The molecule has 172 valence electrons. The molecule has 0 radical (unpaired) electrons. The number of hydrogen-bond donors (Lipinski definition) is 1. The van der Waals surface area contributed by atoms with Crippen LogP contribution >= 0.6 is 23.2 Å². The van der Waals surface area contributed by atoms with E-state index in [2.05, 4.69) is 5.32 Å². The Kier molecular flexibility index (Phi) is 8.87. The van der Waals surface area contributed by atoms with E-state index in [-0.39, 0.29) is 30.7 Å². The van der Waals surface area contributed by atoms with Gasteiger partial charge in [-0.3, -0.25) is 9.59 Å². The van der Waals surface area contributed by atoms with Crippen molar-refractivity contribution in [3.8, 4) is 0 Å². The second-order valence-electron chi connectivity index (χ2n) is 7.66. The van der Waals surface area contributed by atoms with Gasteiger partial charge in [0.05, 0.1) is 0 Å². The Morgan fingerprint density at radius 2 is 1.70 bits per heavy atom. The Bertz CT molecular complexity index is 1090. The monoisotopic (exact) mass is 486 g/mol. The van der Waals surface area contributed by atoms with Crippen LogP contribution in [-0.2, 0) is 22.7 Å². The highest BCUT2D eigenvalue weighted by Gasteiger charge is 2.31. The van der Waals surface area contributed by atoms with Gasteiger partial charge in [-0.15, -0.1) is 0 Å². The average Bonchev–Trinajstić information content (AvgIpc) is 2.80. The quantitative estimate of drug-likeness (QED) is 0.384. The van der Waals surface area contributed by atoms with Crippen LogP contribution < -0.4 is 5.32 Å². The van der Waals surface area contributed by atoms with Crippen LogP contribution in [0.4, 0.5) is 4.39 Å². The maximum absolute atomic E-state index is 13.5. The molecule has 0 aliphatic heterocycles. The molecule has 7 heteroatoms. The topological polar surface area (TPSA) is 49.4 Å². The number of nitrogens with one attached hydrogen (secondary N) is 1. The number of benzene rings is 3. The molecule has 3 rings (SSSR count). The molecule has 3 aromatic carbocycles. The van der Waals surface area contributed by atoms with Crippen LogP contribution in [0, 0.1) is 5.82 Å². The van der Waals surface area contributed by atoms with E-state index in [9.17, 15) is 14.0 Å². The SMILES string of the molecule is CCCC(=O)N(Cc1ccc(F)cc1)C(C(=O)NCc1ccc(Cl)cc1Cl)c1ccccc1. The number of nitrogens with zero attached hydrogens (tertiary/aromatic N) is 1. The first kappa shape index (κ1) is 24.7. The van der Waals surface area contributed by atoms with Gasteiger partial charge in [-0.25, -0.2) is 4.39 Å². The fourth-order valence-corrected chi connectivity index (χ4v) is 3.99. The maximum Gasteiger partial charge on any atom is 0.247 e. The molecule has 2 amide bonds. The van der Waals surface area contributed by atoms with Crippen molar-refractivity contribution in [2.24, 2.45) is 0 Å². The second-order valence-corrected chi connectivity index (χ2v) is 8.51. The predicted octanol–water partition coefficient (Wildman–Crippen LogP) is 6.32. The van der Waals surface area contributed by atoms with Gasteiger partial charge in [0.15, 0.2) is 0 Å². The zero-order valence-corrected chi connectivity index (χ0v) is 19.7. The van der Waals surface area contributed by atoms with Crippen LogP contribution in [0.15, 0.2) is 72.8 Å². The van der Waals surface area contributed by atoms with E-state index in [1.165, 1.54) is 12.1 Å². The summed E-state index contributed by atoms with van der Waals surface area (Å²) >= 11 is 12.2. The van der Waals surface area contributed by atoms with E-state index in [4.69, 9.17) is 23.2 Å². The van der Waals surface area contributed by atoms with Gasteiger partial charge >= 0.3 is 0 Å². The van der Waals surface area contributed by atoms with Gasteiger partial charge in [0.25, 0.3) is 0 Å². The summed E-state index contributed by atoms with van der Waals surface area (Å²) < 4.78 is 13.4. The van der Waals surface area contributed by atoms with Gasteiger partial charge in [0.2, 0.25) is 11.8 Å². The molecule has 0 fully saturated rings. The maximum atomic E-state index is 13.5. The third kappa shape index (κ3) is 6.80. The van der Waals surface area contributed by atoms with Crippen molar-refractivity contribution in [3.05, 3.63) is 105 Å². The summed E-state index contributed by atoms with van der Waals surface area (Å²) in [6.07, 6.45) is 0.934. The number of carbonyl (C=O) groups is 2. The van der Waals surface area contributed by atoms with Gasteiger partial charge in [0.1, 0.15) is 11.9 Å². The van der Waals surface area contributed by atoms with E-state index in [0.29, 0.717) is 34.0 Å². The van der Waals surface area contributed by atoms with Gasteiger partial charge < -0.3 is 10.2 Å². The van der Waals surface area contributed by atoms with Gasteiger partial charge in [-0.2, -0.15) is 0 Å². The Hall–Kier alpha value is -2.89. The molecular formula is C26H25Cl2FN2O2. The molecule has 0 aliphatic rings. The van der Waals surface area contributed by atoms with Crippen LogP contribution in [-0.4, -0.2) is 16.7 Å². The molecule has 4 nitrogen and oxygen atoms in total. The second kappa shape index (κ2) is 11.8. The molecule has 0 spiro atoms. The molecular weight excluding hydrogens is 462 g/mol. The standard InChI is InChI=1S/C26H25Cl2FN2O2/c1-2-6-24(32)31(17-18-9-13-22(29)14-10-18)25(19-7-4-3-5-8-19)26(33)30-16-20-11-12-21(27)15-23(20)28/h3-5,7-15,25H,2,6,16-17H2,1H3,(H,30,33). The summed E-state index contributed by atoms with van der Waals surface area (Å²) in [5.74, 6) is -0.850. The van der Waals surface area contributed by atoms with Gasteiger partial charge in [-0.05, 0) is 47.4 Å². The van der Waals surface area contributed by atoms with Crippen LogP contribution in [0.3, 0.4) is 0 Å². The highest BCUT2D eigenvalue weighted by molar-refractivity contribution is 6.35. The average molecular weight is 487 g/mol. The van der Waals surface area contributed by atoms with Crippen molar-refractivity contribution in [1.29, 1.82) is 0 Å². The lowest BCUT2D eigenvalue weighted by molar-refractivity contribution is -0.141. The Morgan fingerprint density at radius 1 is 1.00 bits per heavy atom. The molecule has 0 bridgehead atoms. The molecule has 33 heavy (non-hydrogen) atoms. The third-order valence-electron chi connectivity index (χ3n) is 5.19. The lowest BCUT2D eigenvalue weighted by atomic mass is 10.0. The first-order valence-corrected chi connectivity index (χ1v) is 11.4. The Morgan fingerprint density at radius 3 is 2.33 bits per heavy atom. The minimum atomic E-state index is -0.860. The molecule has 0 saturated heterocycles. The first-order chi connectivity index (χ1) is 15.9. The largest absolute Gasteiger partial charge is 0.350 e. The number of carbonyl (C=O) groups excluding carboxylic acids is 2.